The summed E-state index contributed by atoms with van der Waals surface area (Å²) in [6, 6.07) is 2.12. The zero-order valence-corrected chi connectivity index (χ0v) is 15.4. The van der Waals surface area contributed by atoms with Crippen molar-refractivity contribution in [1.29, 1.82) is 0 Å². The fourth-order valence-corrected chi connectivity index (χ4v) is 4.53. The Balaban J connectivity index is 1.68. The van der Waals surface area contributed by atoms with Crippen LogP contribution in [0.4, 0.5) is 0 Å². The molecule has 0 radical (unpaired) electrons. The Morgan fingerprint density at radius 2 is 2.22 bits per heavy atom. The Kier molecular flexibility index (Phi) is 4.46. The number of amides is 1. The molecule has 3 heterocycles. The summed E-state index contributed by atoms with van der Waals surface area (Å²) in [5.74, 6) is 0.148. The molecule has 1 unspecified atom stereocenters. The van der Waals surface area contributed by atoms with Crippen molar-refractivity contribution < 1.29 is 4.79 Å². The highest BCUT2D eigenvalue weighted by Gasteiger charge is 2.28. The predicted octanol–water partition coefficient (Wildman–Crippen LogP) is 2.56. The van der Waals surface area contributed by atoms with Crippen LogP contribution in [0, 0.1) is 0 Å². The first-order valence-electron chi connectivity index (χ1n) is 7.66. The van der Waals surface area contributed by atoms with Gasteiger partial charge in [0.25, 0.3) is 0 Å². The van der Waals surface area contributed by atoms with Crippen molar-refractivity contribution in [3.63, 3.8) is 0 Å². The average Bonchev–Trinajstić information content (AvgIpc) is 3.13. The van der Waals surface area contributed by atoms with E-state index in [0.717, 1.165) is 13.0 Å². The number of nitrogens with zero attached hydrogens (tertiary/aromatic N) is 5. The van der Waals surface area contributed by atoms with E-state index in [1.165, 1.54) is 22.2 Å². The lowest BCUT2D eigenvalue weighted by molar-refractivity contribution is -0.131. The van der Waals surface area contributed by atoms with Gasteiger partial charge in [0.05, 0.1) is 10.8 Å². The van der Waals surface area contributed by atoms with Crippen LogP contribution in [-0.2, 0) is 23.3 Å². The Morgan fingerprint density at radius 3 is 2.96 bits per heavy atom. The lowest BCUT2D eigenvalue weighted by Crippen LogP contribution is -2.40. The van der Waals surface area contributed by atoms with Crippen molar-refractivity contribution in [3.8, 4) is 0 Å². The number of carbonyl (C=O) groups is 1. The Hall–Kier alpha value is -1.41. The fourth-order valence-electron chi connectivity index (χ4n) is 2.58. The van der Waals surface area contributed by atoms with Gasteiger partial charge in [-0.25, -0.2) is 4.68 Å². The molecule has 0 aromatic carbocycles. The molecule has 1 amide bonds. The van der Waals surface area contributed by atoms with Crippen LogP contribution in [0.25, 0.3) is 0 Å². The number of hydrogen-bond acceptors (Lipinski definition) is 6. The molecule has 0 fully saturated rings. The average molecular weight is 352 g/mol. The molecule has 0 bridgehead atoms. The second-order valence-electron chi connectivity index (χ2n) is 6.68. The minimum atomic E-state index is -0.206. The number of thioether (sulfide) groups is 1. The molecule has 0 N–H and O–H groups in total. The van der Waals surface area contributed by atoms with E-state index < -0.39 is 0 Å². The molecule has 2 aromatic rings. The largest absolute Gasteiger partial charge is 0.337 e. The van der Waals surface area contributed by atoms with E-state index in [9.17, 15) is 4.79 Å². The van der Waals surface area contributed by atoms with Crippen LogP contribution >= 0.6 is 23.1 Å². The third kappa shape index (κ3) is 3.42. The summed E-state index contributed by atoms with van der Waals surface area (Å²) in [5, 5.41) is 14.5. The summed E-state index contributed by atoms with van der Waals surface area (Å²) in [7, 11) is 0. The molecule has 0 saturated heterocycles. The number of tetrazole rings is 1. The first kappa shape index (κ1) is 16.4. The van der Waals surface area contributed by atoms with Gasteiger partial charge in [0, 0.05) is 18.0 Å². The Labute approximate surface area is 144 Å². The molecule has 8 heteroatoms. The molecule has 1 atom stereocenters. The number of thiophene rings is 1. The molecule has 0 saturated carbocycles. The standard InChI is InChI=1S/C15H21N5OS2/c1-10(23-14-16-17-18-20(14)15(2,3)4)13(21)19-7-5-12-11(9-19)6-8-22-12/h6,8,10H,5,7,9H2,1-4H3. The van der Waals surface area contributed by atoms with Gasteiger partial charge < -0.3 is 4.90 Å². The maximum Gasteiger partial charge on any atom is 0.236 e. The van der Waals surface area contributed by atoms with Crippen LogP contribution in [0.1, 0.15) is 38.1 Å². The normalized spacial score (nSPS) is 16.3. The summed E-state index contributed by atoms with van der Waals surface area (Å²) < 4.78 is 1.77. The van der Waals surface area contributed by atoms with Gasteiger partial charge in [0.1, 0.15) is 0 Å². The van der Waals surface area contributed by atoms with Crippen LogP contribution < -0.4 is 0 Å². The molecule has 124 valence electrons. The lowest BCUT2D eigenvalue weighted by atomic mass is 10.1. The molecule has 2 aromatic heterocycles. The first-order valence-corrected chi connectivity index (χ1v) is 9.42. The van der Waals surface area contributed by atoms with E-state index in [2.05, 4.69) is 27.0 Å². The van der Waals surface area contributed by atoms with Gasteiger partial charge in [-0.2, -0.15) is 0 Å². The Bertz CT molecular complexity index is 703. The highest BCUT2D eigenvalue weighted by molar-refractivity contribution is 8.00. The van der Waals surface area contributed by atoms with E-state index in [0.29, 0.717) is 11.7 Å². The quantitative estimate of drug-likeness (QED) is 0.795. The van der Waals surface area contributed by atoms with E-state index >= 15 is 0 Å². The summed E-state index contributed by atoms with van der Waals surface area (Å²) in [4.78, 5) is 16.1. The highest BCUT2D eigenvalue weighted by atomic mass is 32.2. The van der Waals surface area contributed by atoms with Gasteiger partial charge in [-0.1, -0.05) is 11.8 Å². The molecule has 6 nitrogen and oxygen atoms in total. The molecule has 0 aliphatic carbocycles. The Morgan fingerprint density at radius 1 is 1.43 bits per heavy atom. The van der Waals surface area contributed by atoms with Crippen molar-refractivity contribution in [2.75, 3.05) is 6.54 Å². The van der Waals surface area contributed by atoms with Crippen molar-refractivity contribution in [2.24, 2.45) is 0 Å². The van der Waals surface area contributed by atoms with Crippen LogP contribution in [-0.4, -0.2) is 42.8 Å². The van der Waals surface area contributed by atoms with Crippen LogP contribution in [0.15, 0.2) is 16.6 Å². The number of aromatic nitrogens is 4. The van der Waals surface area contributed by atoms with Gasteiger partial charge in [-0.05, 0) is 61.6 Å². The van der Waals surface area contributed by atoms with Gasteiger partial charge in [0.15, 0.2) is 0 Å². The molecular weight excluding hydrogens is 330 g/mol. The van der Waals surface area contributed by atoms with Crippen molar-refractivity contribution in [1.82, 2.24) is 25.1 Å². The summed E-state index contributed by atoms with van der Waals surface area (Å²) in [5.41, 5.74) is 1.08. The molecule has 3 rings (SSSR count). The minimum absolute atomic E-state index is 0.148. The third-order valence-electron chi connectivity index (χ3n) is 3.83. The predicted molar refractivity (Wildman–Crippen MR) is 91.6 cm³/mol. The number of rotatable bonds is 3. The van der Waals surface area contributed by atoms with Gasteiger partial charge >= 0.3 is 0 Å². The summed E-state index contributed by atoms with van der Waals surface area (Å²) in [6.07, 6.45) is 0.954. The second-order valence-corrected chi connectivity index (χ2v) is 8.99. The smallest absolute Gasteiger partial charge is 0.236 e. The van der Waals surface area contributed by atoms with Crippen LogP contribution in [0.2, 0.25) is 0 Å². The van der Waals surface area contributed by atoms with Crippen molar-refractivity contribution in [2.45, 2.75) is 56.6 Å². The maximum atomic E-state index is 12.7. The van der Waals surface area contributed by atoms with Crippen LogP contribution in [0.5, 0.6) is 0 Å². The monoisotopic (exact) mass is 351 g/mol. The zero-order valence-electron chi connectivity index (χ0n) is 13.8. The molecule has 1 aliphatic rings. The van der Waals surface area contributed by atoms with Gasteiger partial charge in [0.2, 0.25) is 11.1 Å². The van der Waals surface area contributed by atoms with Crippen molar-refractivity contribution in [3.05, 3.63) is 21.9 Å². The summed E-state index contributed by atoms with van der Waals surface area (Å²) in [6.45, 7) is 9.57. The van der Waals surface area contributed by atoms with Gasteiger partial charge in [-0.15, -0.1) is 16.4 Å². The number of hydrogen-bond donors (Lipinski definition) is 0. The maximum absolute atomic E-state index is 12.7. The fraction of sp³-hybridized carbons (Fsp3) is 0.600. The minimum Gasteiger partial charge on any atom is -0.337 e. The molecule has 0 spiro atoms. The van der Waals surface area contributed by atoms with Crippen LogP contribution in [0.3, 0.4) is 0 Å². The van der Waals surface area contributed by atoms with E-state index in [1.807, 2.05) is 32.6 Å². The second kappa shape index (κ2) is 6.24. The SMILES string of the molecule is CC(Sc1nnnn1C(C)(C)C)C(=O)N1CCc2sccc2C1. The number of carbonyl (C=O) groups excluding carboxylic acids is 1. The van der Waals surface area contributed by atoms with Crippen molar-refractivity contribution >= 4 is 29.0 Å². The lowest BCUT2D eigenvalue weighted by Gasteiger charge is -2.29. The topological polar surface area (TPSA) is 63.9 Å². The van der Waals surface area contributed by atoms with E-state index in [-0.39, 0.29) is 16.7 Å². The highest BCUT2D eigenvalue weighted by Crippen LogP contribution is 2.29. The summed E-state index contributed by atoms with van der Waals surface area (Å²) >= 11 is 3.21. The third-order valence-corrected chi connectivity index (χ3v) is 5.87. The first-order chi connectivity index (χ1) is 10.9. The zero-order chi connectivity index (χ0) is 16.6. The number of fused-ring (bicyclic) bond motifs is 1. The van der Waals surface area contributed by atoms with E-state index in [1.54, 1.807) is 16.0 Å². The molecule has 23 heavy (non-hydrogen) atoms. The van der Waals surface area contributed by atoms with E-state index in [4.69, 9.17) is 0 Å². The van der Waals surface area contributed by atoms with Gasteiger partial charge in [-0.3, -0.25) is 4.79 Å². The molecular formula is C15H21N5OS2. The molecule has 1 aliphatic heterocycles.